The molecule has 0 spiro atoms. The SMILES string of the molecule is Cc1cc(=O)n(C)cc1NC(=O)c1ccc(Cl)s1. The number of hydrogen-bond donors (Lipinski definition) is 1. The van der Waals surface area contributed by atoms with Crippen LogP contribution in [0.1, 0.15) is 15.2 Å². The first-order valence-electron chi connectivity index (χ1n) is 5.21. The lowest BCUT2D eigenvalue weighted by molar-refractivity contribution is 0.103. The van der Waals surface area contributed by atoms with Gasteiger partial charge in [-0.2, -0.15) is 0 Å². The third-order valence-electron chi connectivity index (χ3n) is 2.48. The summed E-state index contributed by atoms with van der Waals surface area (Å²) in [4.78, 5) is 23.9. The largest absolute Gasteiger partial charge is 0.320 e. The van der Waals surface area contributed by atoms with Crippen LogP contribution in [-0.4, -0.2) is 10.5 Å². The zero-order chi connectivity index (χ0) is 13.3. The number of thiophene rings is 1. The van der Waals surface area contributed by atoms with Crippen molar-refractivity contribution in [1.82, 2.24) is 4.57 Å². The van der Waals surface area contributed by atoms with Gasteiger partial charge in [0, 0.05) is 19.3 Å². The van der Waals surface area contributed by atoms with E-state index < -0.39 is 0 Å². The molecule has 4 nitrogen and oxygen atoms in total. The molecule has 2 aromatic heterocycles. The number of hydrogen-bond acceptors (Lipinski definition) is 3. The molecule has 0 aromatic carbocycles. The number of halogens is 1. The summed E-state index contributed by atoms with van der Waals surface area (Å²) in [7, 11) is 1.64. The summed E-state index contributed by atoms with van der Waals surface area (Å²) in [6.07, 6.45) is 1.60. The van der Waals surface area contributed by atoms with Crippen LogP contribution in [0.3, 0.4) is 0 Å². The fourth-order valence-corrected chi connectivity index (χ4v) is 2.41. The minimum Gasteiger partial charge on any atom is -0.320 e. The van der Waals surface area contributed by atoms with E-state index in [-0.39, 0.29) is 11.5 Å². The molecule has 0 saturated heterocycles. The highest BCUT2D eigenvalue weighted by molar-refractivity contribution is 7.18. The molecule has 6 heteroatoms. The smallest absolute Gasteiger partial charge is 0.265 e. The zero-order valence-electron chi connectivity index (χ0n) is 9.86. The molecular formula is C12H11ClN2O2S. The van der Waals surface area contributed by atoms with Crippen molar-refractivity contribution in [3.8, 4) is 0 Å². The number of aryl methyl sites for hydroxylation is 2. The Labute approximate surface area is 113 Å². The van der Waals surface area contributed by atoms with Crippen LogP contribution < -0.4 is 10.9 Å². The molecular weight excluding hydrogens is 272 g/mol. The van der Waals surface area contributed by atoms with E-state index in [1.54, 1.807) is 32.3 Å². The summed E-state index contributed by atoms with van der Waals surface area (Å²) >= 11 is 6.99. The normalized spacial score (nSPS) is 10.4. The van der Waals surface area contributed by atoms with Crippen LogP contribution in [0.4, 0.5) is 5.69 Å². The summed E-state index contributed by atoms with van der Waals surface area (Å²) in [5, 5.41) is 2.76. The van der Waals surface area contributed by atoms with Crippen LogP contribution in [0.2, 0.25) is 4.34 Å². The standard InChI is InChI=1S/C12H11ClN2O2S/c1-7-5-11(16)15(2)6-8(7)14-12(17)9-3-4-10(13)18-9/h3-6H,1-2H3,(H,14,17). The second kappa shape index (κ2) is 4.96. The van der Waals surface area contributed by atoms with Gasteiger partial charge in [0.15, 0.2) is 0 Å². The van der Waals surface area contributed by atoms with Gasteiger partial charge in [0.2, 0.25) is 0 Å². The Morgan fingerprint density at radius 1 is 1.44 bits per heavy atom. The van der Waals surface area contributed by atoms with Crippen LogP contribution in [0.25, 0.3) is 0 Å². The van der Waals surface area contributed by atoms with Gasteiger partial charge in [-0.05, 0) is 24.6 Å². The third-order valence-corrected chi connectivity index (χ3v) is 3.71. The molecule has 94 valence electrons. The predicted octanol–water partition coefficient (Wildman–Crippen LogP) is 2.66. The maximum Gasteiger partial charge on any atom is 0.265 e. The average Bonchev–Trinajstić information content (AvgIpc) is 2.73. The van der Waals surface area contributed by atoms with Gasteiger partial charge < -0.3 is 9.88 Å². The number of aromatic nitrogens is 1. The summed E-state index contributed by atoms with van der Waals surface area (Å²) < 4.78 is 1.99. The first-order chi connectivity index (χ1) is 8.47. The summed E-state index contributed by atoms with van der Waals surface area (Å²) in [5.41, 5.74) is 1.24. The first kappa shape index (κ1) is 12.9. The highest BCUT2D eigenvalue weighted by Crippen LogP contribution is 2.22. The molecule has 0 aliphatic heterocycles. The molecule has 2 rings (SSSR count). The van der Waals surface area contributed by atoms with Gasteiger partial charge >= 0.3 is 0 Å². The van der Waals surface area contributed by atoms with Crippen LogP contribution >= 0.6 is 22.9 Å². The van der Waals surface area contributed by atoms with Crippen molar-refractivity contribution >= 4 is 34.5 Å². The molecule has 0 atom stereocenters. The van der Waals surface area contributed by atoms with Crippen molar-refractivity contribution < 1.29 is 4.79 Å². The minimum absolute atomic E-state index is 0.107. The molecule has 0 fully saturated rings. The summed E-state index contributed by atoms with van der Waals surface area (Å²) in [6, 6.07) is 4.82. The maximum absolute atomic E-state index is 11.9. The number of carbonyl (C=O) groups excluding carboxylic acids is 1. The van der Waals surface area contributed by atoms with Crippen molar-refractivity contribution in [3.05, 3.63) is 49.5 Å². The number of carbonyl (C=O) groups is 1. The fourth-order valence-electron chi connectivity index (χ4n) is 1.47. The number of rotatable bonds is 2. The maximum atomic E-state index is 11.9. The van der Waals surface area contributed by atoms with E-state index in [0.29, 0.717) is 14.9 Å². The quantitative estimate of drug-likeness (QED) is 0.921. The second-order valence-corrected chi connectivity index (χ2v) is 5.59. The number of pyridine rings is 1. The molecule has 1 N–H and O–H groups in total. The summed E-state index contributed by atoms with van der Waals surface area (Å²) in [6.45, 7) is 1.78. The third kappa shape index (κ3) is 2.63. The van der Waals surface area contributed by atoms with E-state index in [1.807, 2.05) is 0 Å². The molecule has 0 unspecified atom stereocenters. The number of nitrogens with zero attached hydrogens (tertiary/aromatic N) is 1. The molecule has 2 aromatic rings. The van der Waals surface area contributed by atoms with Gasteiger partial charge in [0.25, 0.3) is 11.5 Å². The van der Waals surface area contributed by atoms with E-state index in [4.69, 9.17) is 11.6 Å². The average molecular weight is 283 g/mol. The Bertz CT molecular complexity index is 660. The fraction of sp³-hybridized carbons (Fsp3) is 0.167. The molecule has 2 heterocycles. The van der Waals surface area contributed by atoms with Gasteiger partial charge in [0.1, 0.15) is 0 Å². The van der Waals surface area contributed by atoms with E-state index in [1.165, 1.54) is 22.0 Å². The van der Waals surface area contributed by atoms with Crippen molar-refractivity contribution in [3.63, 3.8) is 0 Å². The van der Waals surface area contributed by atoms with Gasteiger partial charge in [0.05, 0.1) is 14.9 Å². The number of anilines is 1. The van der Waals surface area contributed by atoms with E-state index >= 15 is 0 Å². The van der Waals surface area contributed by atoms with Gasteiger partial charge in [-0.15, -0.1) is 11.3 Å². The van der Waals surface area contributed by atoms with Gasteiger partial charge in [-0.25, -0.2) is 0 Å². The first-order valence-corrected chi connectivity index (χ1v) is 6.41. The topological polar surface area (TPSA) is 51.1 Å². The highest BCUT2D eigenvalue weighted by Gasteiger charge is 2.11. The zero-order valence-corrected chi connectivity index (χ0v) is 11.4. The Morgan fingerprint density at radius 2 is 2.17 bits per heavy atom. The van der Waals surface area contributed by atoms with Crippen LogP contribution in [0.15, 0.2) is 29.2 Å². The van der Waals surface area contributed by atoms with E-state index in [0.717, 1.165) is 5.56 Å². The Kier molecular flexibility index (Phi) is 3.54. The molecule has 0 bridgehead atoms. The lowest BCUT2D eigenvalue weighted by atomic mass is 10.2. The van der Waals surface area contributed by atoms with Crippen LogP contribution in [0.5, 0.6) is 0 Å². The lowest BCUT2D eigenvalue weighted by Crippen LogP contribution is -2.19. The minimum atomic E-state index is -0.228. The van der Waals surface area contributed by atoms with Crippen LogP contribution in [0, 0.1) is 6.92 Å². The van der Waals surface area contributed by atoms with Crippen molar-refractivity contribution in [2.24, 2.45) is 7.05 Å². The highest BCUT2D eigenvalue weighted by atomic mass is 35.5. The predicted molar refractivity (Wildman–Crippen MR) is 73.7 cm³/mol. The molecule has 0 aliphatic rings. The number of nitrogens with one attached hydrogen (secondary N) is 1. The van der Waals surface area contributed by atoms with Crippen molar-refractivity contribution in [2.75, 3.05) is 5.32 Å². The van der Waals surface area contributed by atoms with E-state index in [2.05, 4.69) is 5.32 Å². The van der Waals surface area contributed by atoms with E-state index in [9.17, 15) is 9.59 Å². The van der Waals surface area contributed by atoms with Crippen LogP contribution in [-0.2, 0) is 7.05 Å². The second-order valence-electron chi connectivity index (χ2n) is 3.88. The molecule has 0 aliphatic carbocycles. The van der Waals surface area contributed by atoms with Crippen molar-refractivity contribution in [2.45, 2.75) is 6.92 Å². The molecule has 1 amide bonds. The molecule has 0 saturated carbocycles. The molecule has 18 heavy (non-hydrogen) atoms. The van der Waals surface area contributed by atoms with Crippen molar-refractivity contribution in [1.29, 1.82) is 0 Å². The Morgan fingerprint density at radius 3 is 2.78 bits per heavy atom. The summed E-state index contributed by atoms with van der Waals surface area (Å²) in [5.74, 6) is -0.228. The Hall–Kier alpha value is -1.59. The lowest BCUT2D eigenvalue weighted by Gasteiger charge is -2.08. The Balaban J connectivity index is 2.27. The molecule has 0 radical (unpaired) electrons. The van der Waals surface area contributed by atoms with Gasteiger partial charge in [-0.1, -0.05) is 11.6 Å². The van der Waals surface area contributed by atoms with Gasteiger partial charge in [-0.3, -0.25) is 9.59 Å². The monoisotopic (exact) mass is 282 g/mol. The number of amides is 1.